The van der Waals surface area contributed by atoms with Crippen LogP contribution in [-0.4, -0.2) is 4.92 Å². The molecule has 1 unspecified atom stereocenters. The van der Waals surface area contributed by atoms with E-state index in [1.807, 2.05) is 20.8 Å². The van der Waals surface area contributed by atoms with Gasteiger partial charge < -0.3 is 5.32 Å². The van der Waals surface area contributed by atoms with E-state index in [0.717, 1.165) is 16.7 Å². The molecule has 0 bridgehead atoms. The number of halogens is 1. The van der Waals surface area contributed by atoms with Gasteiger partial charge in [-0.2, -0.15) is 0 Å². The Balaban J connectivity index is 2.33. The van der Waals surface area contributed by atoms with E-state index in [9.17, 15) is 10.1 Å². The molecule has 0 heterocycles. The number of nitro benzene ring substituents is 1. The molecular formula is C16H17ClN2O2. The molecule has 0 aliphatic carbocycles. The maximum absolute atomic E-state index is 11.1. The summed E-state index contributed by atoms with van der Waals surface area (Å²) in [5.74, 6) is 0. The molecule has 0 spiro atoms. The standard InChI is InChI=1S/C16H17ClN2O2/c1-10-4-5-11(2)14(8-10)12(3)18-15-7-6-13(17)9-16(15)19(20)21/h4-9,12,18H,1-3H3. The van der Waals surface area contributed by atoms with Crippen molar-refractivity contribution < 1.29 is 4.92 Å². The maximum Gasteiger partial charge on any atom is 0.293 e. The van der Waals surface area contributed by atoms with Crippen molar-refractivity contribution >= 4 is 23.0 Å². The number of nitrogens with zero attached hydrogens (tertiary/aromatic N) is 1. The Hall–Kier alpha value is -2.07. The van der Waals surface area contributed by atoms with E-state index >= 15 is 0 Å². The lowest BCUT2D eigenvalue weighted by Crippen LogP contribution is -2.10. The molecule has 2 aromatic rings. The molecule has 0 aromatic heterocycles. The largest absolute Gasteiger partial charge is 0.373 e. The minimum absolute atomic E-state index is 0.0142. The molecule has 2 aromatic carbocycles. The number of hydrogen-bond acceptors (Lipinski definition) is 3. The molecule has 0 radical (unpaired) electrons. The van der Waals surface area contributed by atoms with Crippen LogP contribution in [-0.2, 0) is 0 Å². The molecule has 110 valence electrons. The highest BCUT2D eigenvalue weighted by atomic mass is 35.5. The van der Waals surface area contributed by atoms with Crippen molar-refractivity contribution in [2.75, 3.05) is 5.32 Å². The van der Waals surface area contributed by atoms with E-state index in [2.05, 4.69) is 23.5 Å². The van der Waals surface area contributed by atoms with Crippen molar-refractivity contribution in [2.45, 2.75) is 26.8 Å². The molecular weight excluding hydrogens is 288 g/mol. The van der Waals surface area contributed by atoms with Crippen molar-refractivity contribution in [1.29, 1.82) is 0 Å². The minimum atomic E-state index is -0.427. The first-order chi connectivity index (χ1) is 9.88. The summed E-state index contributed by atoms with van der Waals surface area (Å²) in [4.78, 5) is 10.7. The van der Waals surface area contributed by atoms with Gasteiger partial charge in [0.25, 0.3) is 5.69 Å². The summed E-state index contributed by atoms with van der Waals surface area (Å²) in [5.41, 5.74) is 3.89. The molecule has 0 saturated carbocycles. The Morgan fingerprint density at radius 3 is 2.57 bits per heavy atom. The van der Waals surface area contributed by atoms with Gasteiger partial charge >= 0.3 is 0 Å². The molecule has 0 saturated heterocycles. The number of hydrogen-bond donors (Lipinski definition) is 1. The van der Waals surface area contributed by atoms with Crippen molar-refractivity contribution in [3.63, 3.8) is 0 Å². The number of nitrogens with one attached hydrogen (secondary N) is 1. The summed E-state index contributed by atoms with van der Waals surface area (Å²) in [5, 5.41) is 14.7. The van der Waals surface area contributed by atoms with E-state index in [1.54, 1.807) is 12.1 Å². The smallest absolute Gasteiger partial charge is 0.293 e. The molecule has 0 fully saturated rings. The van der Waals surface area contributed by atoms with Gasteiger partial charge in [-0.15, -0.1) is 0 Å². The first kappa shape index (κ1) is 15.3. The van der Waals surface area contributed by atoms with Crippen molar-refractivity contribution in [3.8, 4) is 0 Å². The molecule has 0 aliphatic heterocycles. The van der Waals surface area contributed by atoms with Gasteiger partial charge in [0.2, 0.25) is 0 Å². The summed E-state index contributed by atoms with van der Waals surface area (Å²) in [7, 11) is 0. The molecule has 0 amide bonds. The fourth-order valence-corrected chi connectivity index (χ4v) is 2.48. The Morgan fingerprint density at radius 2 is 1.90 bits per heavy atom. The van der Waals surface area contributed by atoms with Crippen LogP contribution in [0, 0.1) is 24.0 Å². The van der Waals surface area contributed by atoms with Crippen LogP contribution in [0.4, 0.5) is 11.4 Å². The molecule has 5 heteroatoms. The number of nitro groups is 1. The van der Waals surface area contributed by atoms with Gasteiger partial charge in [-0.1, -0.05) is 35.4 Å². The summed E-state index contributed by atoms with van der Waals surface area (Å²) >= 11 is 5.83. The van der Waals surface area contributed by atoms with Crippen LogP contribution < -0.4 is 5.32 Å². The SMILES string of the molecule is Cc1ccc(C)c(C(C)Nc2ccc(Cl)cc2[N+](=O)[O-])c1. The third-order valence-corrected chi connectivity index (χ3v) is 3.66. The van der Waals surface area contributed by atoms with E-state index in [1.165, 1.54) is 6.07 Å². The van der Waals surface area contributed by atoms with E-state index in [4.69, 9.17) is 11.6 Å². The highest BCUT2D eigenvalue weighted by Gasteiger charge is 2.17. The third kappa shape index (κ3) is 3.52. The van der Waals surface area contributed by atoms with Crippen molar-refractivity contribution in [2.24, 2.45) is 0 Å². The van der Waals surface area contributed by atoms with E-state index in [-0.39, 0.29) is 11.7 Å². The number of benzene rings is 2. The summed E-state index contributed by atoms with van der Waals surface area (Å²) < 4.78 is 0. The summed E-state index contributed by atoms with van der Waals surface area (Å²) in [6.45, 7) is 6.05. The van der Waals surface area contributed by atoms with Gasteiger partial charge in [-0.3, -0.25) is 10.1 Å². The monoisotopic (exact) mass is 304 g/mol. The van der Waals surface area contributed by atoms with E-state index in [0.29, 0.717) is 10.7 Å². The molecule has 4 nitrogen and oxygen atoms in total. The summed E-state index contributed by atoms with van der Waals surface area (Å²) in [6.07, 6.45) is 0. The highest BCUT2D eigenvalue weighted by Crippen LogP contribution is 2.31. The van der Waals surface area contributed by atoms with Crippen LogP contribution in [0.15, 0.2) is 36.4 Å². The molecule has 1 atom stereocenters. The molecule has 0 aliphatic rings. The second-order valence-electron chi connectivity index (χ2n) is 5.14. The van der Waals surface area contributed by atoms with Crippen LogP contribution >= 0.6 is 11.6 Å². The number of anilines is 1. The van der Waals surface area contributed by atoms with Crippen LogP contribution in [0.2, 0.25) is 5.02 Å². The van der Waals surface area contributed by atoms with Crippen molar-refractivity contribution in [3.05, 3.63) is 68.2 Å². The third-order valence-electron chi connectivity index (χ3n) is 3.43. The average Bonchev–Trinajstić information content (AvgIpc) is 2.43. The van der Waals surface area contributed by atoms with Gasteiger partial charge in [0.1, 0.15) is 5.69 Å². The zero-order chi connectivity index (χ0) is 15.6. The average molecular weight is 305 g/mol. The highest BCUT2D eigenvalue weighted by molar-refractivity contribution is 6.30. The number of rotatable bonds is 4. The zero-order valence-corrected chi connectivity index (χ0v) is 12.9. The quantitative estimate of drug-likeness (QED) is 0.636. The minimum Gasteiger partial charge on any atom is -0.373 e. The lowest BCUT2D eigenvalue weighted by molar-refractivity contribution is -0.384. The van der Waals surface area contributed by atoms with Crippen LogP contribution in [0.3, 0.4) is 0 Å². The van der Waals surface area contributed by atoms with Gasteiger partial charge in [0.15, 0.2) is 0 Å². The molecule has 1 N–H and O–H groups in total. The first-order valence-electron chi connectivity index (χ1n) is 6.66. The van der Waals surface area contributed by atoms with Gasteiger partial charge in [0, 0.05) is 17.1 Å². The van der Waals surface area contributed by atoms with Crippen molar-refractivity contribution in [1.82, 2.24) is 0 Å². The maximum atomic E-state index is 11.1. The Labute approximate surface area is 128 Å². The lowest BCUT2D eigenvalue weighted by Gasteiger charge is -2.18. The number of aryl methyl sites for hydroxylation is 2. The zero-order valence-electron chi connectivity index (χ0n) is 12.2. The van der Waals surface area contributed by atoms with Crippen LogP contribution in [0.25, 0.3) is 0 Å². The van der Waals surface area contributed by atoms with Gasteiger partial charge in [0.05, 0.1) is 4.92 Å². The summed E-state index contributed by atoms with van der Waals surface area (Å²) in [6, 6.07) is 10.8. The normalized spacial score (nSPS) is 12.0. The predicted molar refractivity (Wildman–Crippen MR) is 86.1 cm³/mol. The molecule has 2 rings (SSSR count). The lowest BCUT2D eigenvalue weighted by atomic mass is 10.00. The van der Waals surface area contributed by atoms with Crippen LogP contribution in [0.1, 0.15) is 29.7 Å². The first-order valence-corrected chi connectivity index (χ1v) is 7.04. The van der Waals surface area contributed by atoms with Gasteiger partial charge in [-0.25, -0.2) is 0 Å². The Morgan fingerprint density at radius 1 is 1.19 bits per heavy atom. The fraction of sp³-hybridized carbons (Fsp3) is 0.250. The topological polar surface area (TPSA) is 55.2 Å². The molecule has 21 heavy (non-hydrogen) atoms. The fourth-order valence-electron chi connectivity index (χ4n) is 2.32. The second kappa shape index (κ2) is 6.14. The predicted octanol–water partition coefficient (Wildman–Crippen LogP) is 5.04. The second-order valence-corrected chi connectivity index (χ2v) is 5.58. The van der Waals surface area contributed by atoms with Crippen LogP contribution in [0.5, 0.6) is 0 Å². The Kier molecular flexibility index (Phi) is 4.48. The van der Waals surface area contributed by atoms with Gasteiger partial charge in [-0.05, 0) is 44.0 Å². The Bertz CT molecular complexity index is 686. The van der Waals surface area contributed by atoms with E-state index < -0.39 is 4.92 Å².